The molecule has 2 atom stereocenters. The number of nitrogens with one attached hydrogen (secondary N) is 1. The Morgan fingerprint density at radius 1 is 1.29 bits per heavy atom. The van der Waals surface area contributed by atoms with Crippen LogP contribution in [-0.4, -0.2) is 46.9 Å². The number of amides is 1. The van der Waals surface area contributed by atoms with Gasteiger partial charge in [-0.15, -0.1) is 0 Å². The van der Waals surface area contributed by atoms with Crippen LogP contribution < -0.4 is 15.6 Å². The lowest BCUT2D eigenvalue weighted by atomic mass is 10.1. The normalized spacial score (nSPS) is 20.5. The number of carbonyl (C=O) groups excluding carboxylic acids is 1. The monoisotopic (exact) mass is 463 g/mol. The van der Waals surface area contributed by atoms with Crippen molar-refractivity contribution in [3.05, 3.63) is 33.5 Å². The summed E-state index contributed by atoms with van der Waals surface area (Å²) in [6, 6.07) is -0.231. The first-order valence-corrected chi connectivity index (χ1v) is 9.92. The van der Waals surface area contributed by atoms with E-state index in [1.54, 1.807) is 12.2 Å². The number of carboxylic acids is 1. The molecule has 2 N–H and O–H groups in total. The van der Waals surface area contributed by atoms with Crippen molar-refractivity contribution in [2.75, 3.05) is 18.0 Å². The van der Waals surface area contributed by atoms with Crippen LogP contribution >= 0.6 is 11.8 Å². The SMILES string of the molecule is CC1Sc2c(C(=O)O)c(=O)c3cc(F)c(N4CCC(NC(=O)C(F)(F)F)C4)c(F)c3n21. The van der Waals surface area contributed by atoms with Crippen molar-refractivity contribution in [3.8, 4) is 0 Å². The standard InChI is InChI=1S/C18H14F5N3O4S/c1-6-26-12-8(14(27)10(16(28)29)15(26)31-6)4-9(19)13(11(12)20)25-3-2-7(5-25)24-17(30)18(21,22)23/h4,6-7H,2-3,5H2,1H3,(H,24,30)(H,28,29). The predicted molar refractivity (Wildman–Crippen MR) is 100 cm³/mol. The Kier molecular flexibility index (Phi) is 4.91. The summed E-state index contributed by atoms with van der Waals surface area (Å²) >= 11 is 1.05. The summed E-state index contributed by atoms with van der Waals surface area (Å²) in [6.07, 6.45) is -5.05. The topological polar surface area (TPSA) is 91.6 Å². The van der Waals surface area contributed by atoms with Crippen LogP contribution in [0.25, 0.3) is 10.9 Å². The second-order valence-corrected chi connectivity index (χ2v) is 8.53. The number of aromatic nitrogens is 1. The van der Waals surface area contributed by atoms with Crippen LogP contribution in [0.2, 0.25) is 0 Å². The Hall–Kier alpha value is -2.83. The first-order chi connectivity index (χ1) is 14.4. The summed E-state index contributed by atoms with van der Waals surface area (Å²) in [5, 5.41) is 10.3. The molecule has 4 rings (SSSR count). The molecule has 2 aliphatic rings. The lowest BCUT2D eigenvalue weighted by Crippen LogP contribution is -2.44. The highest BCUT2D eigenvalue weighted by Gasteiger charge is 2.41. The third-order valence-corrected chi connectivity index (χ3v) is 6.45. The van der Waals surface area contributed by atoms with Gasteiger partial charge in [0.25, 0.3) is 0 Å². The van der Waals surface area contributed by atoms with Crippen LogP contribution in [-0.2, 0) is 4.79 Å². The van der Waals surface area contributed by atoms with Crippen LogP contribution in [0.4, 0.5) is 27.6 Å². The van der Waals surface area contributed by atoms with E-state index < -0.39 is 63.2 Å². The van der Waals surface area contributed by atoms with Gasteiger partial charge in [0, 0.05) is 19.1 Å². The molecular weight excluding hydrogens is 449 g/mol. The van der Waals surface area contributed by atoms with Gasteiger partial charge in [-0.2, -0.15) is 13.2 Å². The minimum atomic E-state index is -5.08. The molecule has 0 radical (unpaired) electrons. The number of halogens is 5. The van der Waals surface area contributed by atoms with Crippen molar-refractivity contribution in [2.24, 2.45) is 0 Å². The summed E-state index contributed by atoms with van der Waals surface area (Å²) in [5.74, 6) is -5.91. The van der Waals surface area contributed by atoms with E-state index in [0.29, 0.717) is 0 Å². The molecule has 1 fully saturated rings. The van der Waals surface area contributed by atoms with Crippen LogP contribution in [0.5, 0.6) is 0 Å². The minimum absolute atomic E-state index is 0.0288. The van der Waals surface area contributed by atoms with Crippen LogP contribution in [0.15, 0.2) is 15.9 Å². The zero-order valence-electron chi connectivity index (χ0n) is 15.7. The number of benzene rings is 1. The molecule has 0 saturated carbocycles. The number of rotatable bonds is 3. The average molecular weight is 463 g/mol. The van der Waals surface area contributed by atoms with E-state index in [9.17, 15) is 37.1 Å². The van der Waals surface area contributed by atoms with Crippen molar-refractivity contribution < 1.29 is 36.6 Å². The highest BCUT2D eigenvalue weighted by molar-refractivity contribution is 8.00. The van der Waals surface area contributed by atoms with Gasteiger partial charge in [-0.05, 0) is 19.4 Å². The van der Waals surface area contributed by atoms with Gasteiger partial charge in [-0.25, -0.2) is 13.6 Å². The maximum atomic E-state index is 15.5. The summed E-state index contributed by atoms with van der Waals surface area (Å²) in [7, 11) is 0. The number of nitrogens with zero attached hydrogens (tertiary/aromatic N) is 2. The Bertz CT molecular complexity index is 1200. The van der Waals surface area contributed by atoms with Gasteiger partial charge in [-0.3, -0.25) is 9.59 Å². The highest BCUT2D eigenvalue weighted by Crippen LogP contribution is 2.47. The number of thioether (sulfide) groups is 1. The molecule has 7 nitrogen and oxygen atoms in total. The molecular formula is C18H14F5N3O4S. The minimum Gasteiger partial charge on any atom is -0.477 e. The smallest absolute Gasteiger partial charge is 0.471 e. The van der Waals surface area contributed by atoms with Crippen molar-refractivity contribution in [3.63, 3.8) is 0 Å². The summed E-state index contributed by atoms with van der Waals surface area (Å²) in [6.45, 7) is 1.35. The first kappa shape index (κ1) is 21.4. The number of hydrogen-bond acceptors (Lipinski definition) is 5. The van der Waals surface area contributed by atoms with Crippen molar-refractivity contribution in [1.29, 1.82) is 0 Å². The number of hydrogen-bond donors (Lipinski definition) is 2. The fourth-order valence-corrected chi connectivity index (χ4v) is 5.06. The Morgan fingerprint density at radius 2 is 1.97 bits per heavy atom. The molecule has 2 unspecified atom stereocenters. The fourth-order valence-electron chi connectivity index (χ4n) is 3.92. The maximum Gasteiger partial charge on any atom is 0.471 e. The largest absolute Gasteiger partial charge is 0.477 e. The third-order valence-electron chi connectivity index (χ3n) is 5.27. The molecule has 1 saturated heterocycles. The van der Waals surface area contributed by atoms with Gasteiger partial charge < -0.3 is 19.9 Å². The number of anilines is 1. The molecule has 1 aromatic heterocycles. The number of aromatic carboxylic acids is 1. The van der Waals surface area contributed by atoms with Crippen LogP contribution in [0.1, 0.15) is 29.1 Å². The summed E-state index contributed by atoms with van der Waals surface area (Å²) < 4.78 is 68.9. The van der Waals surface area contributed by atoms with Crippen LogP contribution in [0, 0.1) is 11.6 Å². The maximum absolute atomic E-state index is 15.5. The zero-order chi connectivity index (χ0) is 22.8. The quantitative estimate of drug-likeness (QED) is 0.681. The van der Waals surface area contributed by atoms with E-state index in [4.69, 9.17) is 0 Å². The second-order valence-electron chi connectivity index (χ2n) is 7.22. The lowest BCUT2D eigenvalue weighted by Gasteiger charge is -2.33. The molecule has 13 heteroatoms. The van der Waals surface area contributed by atoms with Gasteiger partial charge in [0.05, 0.1) is 21.3 Å². The fraction of sp³-hybridized carbons (Fsp3) is 0.389. The number of fused-ring (bicyclic) bond motifs is 3. The van der Waals surface area contributed by atoms with Gasteiger partial charge in [0.2, 0.25) is 5.43 Å². The number of pyridine rings is 1. The van der Waals surface area contributed by atoms with Crippen molar-refractivity contribution in [1.82, 2.24) is 9.88 Å². The molecule has 166 valence electrons. The van der Waals surface area contributed by atoms with Gasteiger partial charge in [0.1, 0.15) is 17.1 Å². The van der Waals surface area contributed by atoms with Crippen molar-refractivity contribution in [2.45, 2.75) is 36.0 Å². The Labute approximate surface area is 174 Å². The highest BCUT2D eigenvalue weighted by atomic mass is 32.2. The molecule has 2 aliphatic heterocycles. The zero-order valence-corrected chi connectivity index (χ0v) is 16.5. The van der Waals surface area contributed by atoms with E-state index >= 15 is 4.39 Å². The Balaban J connectivity index is 1.78. The predicted octanol–water partition coefficient (Wildman–Crippen LogP) is 2.86. The second kappa shape index (κ2) is 7.11. The third kappa shape index (κ3) is 3.30. The van der Waals surface area contributed by atoms with Gasteiger partial charge in [-0.1, -0.05) is 11.8 Å². The lowest BCUT2D eigenvalue weighted by molar-refractivity contribution is -0.174. The van der Waals surface area contributed by atoms with E-state index in [1.165, 1.54) is 4.57 Å². The molecule has 3 heterocycles. The molecule has 2 aromatic rings. The van der Waals surface area contributed by atoms with E-state index in [2.05, 4.69) is 0 Å². The molecule has 1 amide bonds. The molecule has 0 aliphatic carbocycles. The summed E-state index contributed by atoms with van der Waals surface area (Å²) in [5.41, 5.74) is -2.40. The van der Waals surface area contributed by atoms with Gasteiger partial charge >= 0.3 is 18.1 Å². The van der Waals surface area contributed by atoms with E-state index in [-0.39, 0.29) is 30.1 Å². The molecule has 0 bridgehead atoms. The van der Waals surface area contributed by atoms with Crippen molar-refractivity contribution >= 4 is 40.2 Å². The van der Waals surface area contributed by atoms with Gasteiger partial charge in [0.15, 0.2) is 5.82 Å². The molecule has 31 heavy (non-hydrogen) atoms. The average Bonchev–Trinajstić information content (AvgIpc) is 3.09. The van der Waals surface area contributed by atoms with E-state index in [1.807, 2.05) is 0 Å². The Morgan fingerprint density at radius 3 is 2.55 bits per heavy atom. The number of alkyl halides is 3. The molecule has 0 spiro atoms. The summed E-state index contributed by atoms with van der Waals surface area (Å²) in [4.78, 5) is 36.4. The number of carboxylic acid groups (broad SMARTS) is 1. The van der Waals surface area contributed by atoms with Crippen LogP contribution in [0.3, 0.4) is 0 Å². The number of carbonyl (C=O) groups is 2. The molecule has 1 aromatic carbocycles. The van der Waals surface area contributed by atoms with E-state index in [0.717, 1.165) is 22.7 Å². The first-order valence-electron chi connectivity index (χ1n) is 9.04.